The van der Waals surface area contributed by atoms with E-state index in [-0.39, 0.29) is 17.9 Å². The minimum Gasteiger partial charge on any atom is -0.495 e. The van der Waals surface area contributed by atoms with Crippen molar-refractivity contribution in [2.24, 2.45) is 0 Å². The van der Waals surface area contributed by atoms with E-state index in [1.165, 1.54) is 16.9 Å². The van der Waals surface area contributed by atoms with Gasteiger partial charge in [0.25, 0.3) is 5.91 Å². The lowest BCUT2D eigenvalue weighted by Gasteiger charge is -2.20. The summed E-state index contributed by atoms with van der Waals surface area (Å²) in [7, 11) is 1.60. The molecule has 0 bridgehead atoms. The molecule has 2 amide bonds. The summed E-state index contributed by atoms with van der Waals surface area (Å²) >= 11 is 1.69. The van der Waals surface area contributed by atoms with Crippen LogP contribution in [-0.4, -0.2) is 31.5 Å². The van der Waals surface area contributed by atoms with Gasteiger partial charge in [-0.05, 0) is 43.4 Å². The number of anilines is 1. The van der Waals surface area contributed by atoms with E-state index in [9.17, 15) is 9.59 Å². The number of hydrogen-bond donors (Lipinski definition) is 1. The Morgan fingerprint density at radius 1 is 1.27 bits per heavy atom. The molecular formula is C20H22N2O3S. The molecule has 0 saturated carbocycles. The second kappa shape index (κ2) is 7.11. The monoisotopic (exact) mass is 370 g/mol. The highest BCUT2D eigenvalue weighted by atomic mass is 32.1. The van der Waals surface area contributed by atoms with Crippen LogP contribution < -0.4 is 15.0 Å². The Morgan fingerprint density at radius 3 is 2.92 bits per heavy atom. The van der Waals surface area contributed by atoms with E-state index in [0.717, 1.165) is 30.5 Å². The standard InChI is InChI=1S/C20H22N2O3S/c1-25-17-8-4-3-7-16(17)22-11-13(10-19(22)23)21-20(24)15-12-26-18-9-5-2-6-14(15)18/h3-4,7-8,12-13H,2,5-6,9-11H2,1H3,(H,21,24). The van der Waals surface area contributed by atoms with Crippen LogP contribution in [0, 0.1) is 0 Å². The molecule has 1 aromatic heterocycles. The fraction of sp³-hybridized carbons (Fsp3) is 0.400. The lowest BCUT2D eigenvalue weighted by Crippen LogP contribution is -2.37. The molecule has 5 nitrogen and oxygen atoms in total. The average Bonchev–Trinajstić information content (AvgIpc) is 3.25. The number of benzene rings is 1. The molecule has 0 radical (unpaired) electrons. The highest BCUT2D eigenvalue weighted by Gasteiger charge is 2.33. The van der Waals surface area contributed by atoms with Crippen LogP contribution in [0.3, 0.4) is 0 Å². The first kappa shape index (κ1) is 17.1. The maximum absolute atomic E-state index is 12.7. The molecule has 2 aliphatic rings. The van der Waals surface area contributed by atoms with Crippen LogP contribution in [0.4, 0.5) is 5.69 Å². The van der Waals surface area contributed by atoms with Gasteiger partial charge < -0.3 is 15.0 Å². The third-order valence-corrected chi connectivity index (χ3v) is 6.23. The molecule has 1 aliphatic carbocycles. The number of carbonyl (C=O) groups is 2. The zero-order valence-electron chi connectivity index (χ0n) is 14.8. The predicted molar refractivity (Wildman–Crippen MR) is 102 cm³/mol. The van der Waals surface area contributed by atoms with Gasteiger partial charge in [0.15, 0.2) is 0 Å². The van der Waals surface area contributed by atoms with Crippen LogP contribution in [0.25, 0.3) is 0 Å². The zero-order chi connectivity index (χ0) is 18.1. The minimum atomic E-state index is -0.181. The number of nitrogens with zero attached hydrogens (tertiary/aromatic N) is 1. The van der Waals surface area contributed by atoms with E-state index >= 15 is 0 Å². The smallest absolute Gasteiger partial charge is 0.252 e. The number of nitrogens with one attached hydrogen (secondary N) is 1. The number of para-hydroxylation sites is 2. The van der Waals surface area contributed by atoms with Crippen molar-refractivity contribution < 1.29 is 14.3 Å². The molecule has 1 aromatic carbocycles. The summed E-state index contributed by atoms with van der Waals surface area (Å²) in [6, 6.07) is 7.29. The van der Waals surface area contributed by atoms with Gasteiger partial charge in [-0.3, -0.25) is 9.59 Å². The van der Waals surface area contributed by atoms with Gasteiger partial charge in [0.05, 0.1) is 24.4 Å². The molecule has 1 atom stereocenters. The van der Waals surface area contributed by atoms with Gasteiger partial charge in [0, 0.05) is 23.2 Å². The quantitative estimate of drug-likeness (QED) is 0.899. The van der Waals surface area contributed by atoms with Crippen molar-refractivity contribution in [2.45, 2.75) is 38.1 Å². The van der Waals surface area contributed by atoms with E-state index in [1.807, 2.05) is 29.6 Å². The Morgan fingerprint density at radius 2 is 2.08 bits per heavy atom. The molecular weight excluding hydrogens is 348 g/mol. The molecule has 1 saturated heterocycles. The van der Waals surface area contributed by atoms with Crippen molar-refractivity contribution >= 4 is 28.8 Å². The van der Waals surface area contributed by atoms with Gasteiger partial charge in [-0.15, -0.1) is 11.3 Å². The summed E-state index contributed by atoms with van der Waals surface area (Å²) in [5.41, 5.74) is 2.77. The molecule has 1 unspecified atom stereocenters. The molecule has 2 aromatic rings. The number of aryl methyl sites for hydroxylation is 1. The molecule has 0 spiro atoms. The van der Waals surface area contributed by atoms with Gasteiger partial charge in [-0.25, -0.2) is 0 Å². The van der Waals surface area contributed by atoms with E-state index < -0.39 is 0 Å². The number of rotatable bonds is 4. The van der Waals surface area contributed by atoms with Crippen molar-refractivity contribution in [1.29, 1.82) is 0 Å². The van der Waals surface area contributed by atoms with Crippen molar-refractivity contribution in [2.75, 3.05) is 18.6 Å². The van der Waals surface area contributed by atoms with Gasteiger partial charge in [-0.2, -0.15) is 0 Å². The number of thiophene rings is 1. The number of methoxy groups -OCH3 is 1. The topological polar surface area (TPSA) is 58.6 Å². The van der Waals surface area contributed by atoms with Gasteiger partial charge >= 0.3 is 0 Å². The van der Waals surface area contributed by atoms with Crippen LogP contribution in [0.5, 0.6) is 5.75 Å². The van der Waals surface area contributed by atoms with Crippen molar-refractivity contribution in [3.8, 4) is 5.75 Å². The second-order valence-corrected chi connectivity index (χ2v) is 7.77. The molecule has 26 heavy (non-hydrogen) atoms. The first-order valence-electron chi connectivity index (χ1n) is 9.01. The molecule has 4 rings (SSSR count). The van der Waals surface area contributed by atoms with Crippen molar-refractivity contribution in [3.63, 3.8) is 0 Å². The highest BCUT2D eigenvalue weighted by Crippen LogP contribution is 2.32. The number of ether oxygens (including phenoxy) is 1. The molecule has 1 aliphatic heterocycles. The summed E-state index contributed by atoms with van der Waals surface area (Å²) in [5.74, 6) is 0.621. The largest absolute Gasteiger partial charge is 0.495 e. The van der Waals surface area contributed by atoms with Crippen LogP contribution in [0.2, 0.25) is 0 Å². The SMILES string of the molecule is COc1ccccc1N1CC(NC(=O)c2csc3c2CCCC3)CC1=O. The van der Waals surface area contributed by atoms with E-state index in [1.54, 1.807) is 23.3 Å². The number of fused-ring (bicyclic) bond motifs is 1. The lowest BCUT2D eigenvalue weighted by atomic mass is 9.95. The molecule has 1 N–H and O–H groups in total. The number of hydrogen-bond acceptors (Lipinski definition) is 4. The van der Waals surface area contributed by atoms with Crippen molar-refractivity contribution in [1.82, 2.24) is 5.32 Å². The zero-order valence-corrected chi connectivity index (χ0v) is 15.6. The van der Waals surface area contributed by atoms with Crippen LogP contribution in [-0.2, 0) is 17.6 Å². The Kier molecular flexibility index (Phi) is 4.68. The first-order valence-corrected chi connectivity index (χ1v) is 9.89. The summed E-state index contributed by atoms with van der Waals surface area (Å²) in [6.07, 6.45) is 4.73. The third-order valence-electron chi connectivity index (χ3n) is 5.14. The van der Waals surface area contributed by atoms with Gasteiger partial charge in [0.1, 0.15) is 5.75 Å². The molecule has 2 heterocycles. The fourth-order valence-electron chi connectivity index (χ4n) is 3.84. The summed E-state index contributed by atoms with van der Waals surface area (Å²) in [6.45, 7) is 0.470. The van der Waals surface area contributed by atoms with Gasteiger partial charge in [0.2, 0.25) is 5.91 Å². The molecule has 1 fully saturated rings. The number of carbonyl (C=O) groups excluding carboxylic acids is 2. The Bertz CT molecular complexity index is 845. The maximum Gasteiger partial charge on any atom is 0.252 e. The predicted octanol–water partition coefficient (Wildman–Crippen LogP) is 3.17. The minimum absolute atomic E-state index is 0.00662. The van der Waals surface area contributed by atoms with Crippen LogP contribution in [0.1, 0.15) is 40.1 Å². The Balaban J connectivity index is 1.48. The van der Waals surface area contributed by atoms with Crippen LogP contribution in [0.15, 0.2) is 29.6 Å². The van der Waals surface area contributed by atoms with E-state index in [0.29, 0.717) is 18.7 Å². The van der Waals surface area contributed by atoms with Crippen LogP contribution >= 0.6 is 11.3 Å². The lowest BCUT2D eigenvalue weighted by molar-refractivity contribution is -0.117. The number of amides is 2. The molecule has 136 valence electrons. The highest BCUT2D eigenvalue weighted by molar-refractivity contribution is 7.10. The Hall–Kier alpha value is -2.34. The summed E-state index contributed by atoms with van der Waals surface area (Å²) in [4.78, 5) is 28.3. The fourth-order valence-corrected chi connectivity index (χ4v) is 4.96. The van der Waals surface area contributed by atoms with Crippen molar-refractivity contribution in [3.05, 3.63) is 45.6 Å². The van der Waals surface area contributed by atoms with E-state index in [4.69, 9.17) is 4.74 Å². The maximum atomic E-state index is 12.7. The third kappa shape index (κ3) is 3.09. The normalized spacial score (nSPS) is 19.3. The Labute approximate surface area is 157 Å². The van der Waals surface area contributed by atoms with E-state index in [2.05, 4.69) is 5.32 Å². The second-order valence-electron chi connectivity index (χ2n) is 6.81. The average molecular weight is 370 g/mol. The summed E-state index contributed by atoms with van der Waals surface area (Å²) in [5, 5.41) is 5.04. The first-order chi connectivity index (χ1) is 12.7. The molecule has 6 heteroatoms. The van der Waals surface area contributed by atoms with Gasteiger partial charge in [-0.1, -0.05) is 12.1 Å². The summed E-state index contributed by atoms with van der Waals surface area (Å²) < 4.78 is 5.36.